The van der Waals surface area contributed by atoms with E-state index in [1.54, 1.807) is 6.20 Å². The number of fused-ring (bicyclic) bond motifs is 1. The second kappa shape index (κ2) is 3.18. The van der Waals surface area contributed by atoms with Gasteiger partial charge < -0.3 is 4.98 Å². The zero-order valence-electron chi connectivity index (χ0n) is 6.14. The lowest BCUT2D eigenvalue weighted by Gasteiger charge is -1.87. The highest BCUT2D eigenvalue weighted by atomic mass is 79.9. The maximum atomic E-state index is 4.20. The van der Waals surface area contributed by atoms with Gasteiger partial charge in [-0.3, -0.25) is 0 Å². The van der Waals surface area contributed by atoms with Gasteiger partial charge in [0, 0.05) is 27.1 Å². The van der Waals surface area contributed by atoms with Gasteiger partial charge in [0.1, 0.15) is 5.65 Å². The number of nitrogens with zero attached hydrogens (tertiary/aromatic N) is 1. The molecule has 0 aromatic carbocycles. The number of alkyl halides is 1. The maximum Gasteiger partial charge on any atom is 0.138 e. The van der Waals surface area contributed by atoms with Crippen molar-refractivity contribution in [1.82, 2.24) is 9.97 Å². The van der Waals surface area contributed by atoms with Crippen molar-refractivity contribution in [1.29, 1.82) is 0 Å². The van der Waals surface area contributed by atoms with Gasteiger partial charge >= 0.3 is 0 Å². The van der Waals surface area contributed by atoms with Gasteiger partial charge in [0.15, 0.2) is 0 Å². The molecule has 2 aromatic heterocycles. The molecule has 0 saturated carbocycles. The molecule has 0 aliphatic heterocycles. The summed E-state index contributed by atoms with van der Waals surface area (Å²) in [6, 6.07) is 3.97. The molecule has 0 atom stereocenters. The van der Waals surface area contributed by atoms with E-state index in [1.807, 2.05) is 12.1 Å². The monoisotopic (exact) mass is 288 g/mol. The number of hydrogen-bond acceptors (Lipinski definition) is 1. The number of rotatable bonds is 1. The minimum atomic E-state index is 0.809. The quantitative estimate of drug-likeness (QED) is 0.803. The van der Waals surface area contributed by atoms with Gasteiger partial charge in [-0.1, -0.05) is 15.9 Å². The Balaban J connectivity index is 2.78. The minimum Gasteiger partial charge on any atom is -0.341 e. The van der Waals surface area contributed by atoms with Gasteiger partial charge in [-0.15, -0.1) is 0 Å². The van der Waals surface area contributed by atoms with Crippen molar-refractivity contribution < 1.29 is 0 Å². The van der Waals surface area contributed by atoms with Crippen molar-refractivity contribution in [2.75, 3.05) is 0 Å². The first-order chi connectivity index (χ1) is 5.83. The van der Waals surface area contributed by atoms with E-state index in [2.05, 4.69) is 41.8 Å². The van der Waals surface area contributed by atoms with E-state index in [1.165, 1.54) is 0 Å². The summed E-state index contributed by atoms with van der Waals surface area (Å²) in [7, 11) is 0. The lowest BCUT2D eigenvalue weighted by molar-refractivity contribution is 1.23. The summed E-state index contributed by atoms with van der Waals surface area (Å²) in [5.41, 5.74) is 2.06. The fourth-order valence-corrected chi connectivity index (χ4v) is 2.49. The van der Waals surface area contributed by atoms with Gasteiger partial charge in [-0.2, -0.15) is 0 Å². The van der Waals surface area contributed by atoms with Gasteiger partial charge in [0.25, 0.3) is 0 Å². The van der Waals surface area contributed by atoms with Crippen molar-refractivity contribution in [3.63, 3.8) is 0 Å². The summed E-state index contributed by atoms with van der Waals surface area (Å²) in [6.45, 7) is 0. The number of pyridine rings is 1. The summed E-state index contributed by atoms with van der Waals surface area (Å²) in [5.74, 6) is 0. The Kier molecular flexibility index (Phi) is 2.19. The normalized spacial score (nSPS) is 10.8. The lowest BCUT2D eigenvalue weighted by Crippen LogP contribution is -1.75. The molecular formula is C8H6Br2N2. The van der Waals surface area contributed by atoms with Crippen LogP contribution in [0.5, 0.6) is 0 Å². The second-order valence-corrected chi connectivity index (χ2v) is 3.80. The summed E-state index contributed by atoms with van der Waals surface area (Å²) in [6.07, 6.45) is 1.78. The summed E-state index contributed by atoms with van der Waals surface area (Å²) in [5, 5.41) is 1.94. The van der Waals surface area contributed by atoms with Crippen LogP contribution in [0.4, 0.5) is 0 Å². The number of aromatic amines is 1. The minimum absolute atomic E-state index is 0.809. The third-order valence-electron chi connectivity index (χ3n) is 1.71. The first-order valence-electron chi connectivity index (χ1n) is 3.50. The molecule has 12 heavy (non-hydrogen) atoms. The first-order valence-corrected chi connectivity index (χ1v) is 5.41. The Labute approximate surface area is 86.6 Å². The molecule has 0 spiro atoms. The fraction of sp³-hybridized carbons (Fsp3) is 0.125. The highest BCUT2D eigenvalue weighted by Crippen LogP contribution is 2.27. The second-order valence-electron chi connectivity index (χ2n) is 2.45. The molecule has 0 fully saturated rings. The van der Waals surface area contributed by atoms with E-state index in [0.29, 0.717) is 0 Å². The number of hydrogen-bond donors (Lipinski definition) is 1. The van der Waals surface area contributed by atoms with Crippen LogP contribution < -0.4 is 0 Å². The maximum absolute atomic E-state index is 4.20. The molecule has 62 valence electrons. The van der Waals surface area contributed by atoms with Gasteiger partial charge in [0.2, 0.25) is 0 Å². The molecule has 1 N–H and O–H groups in total. The van der Waals surface area contributed by atoms with Crippen molar-refractivity contribution in [2.24, 2.45) is 0 Å². The molecule has 2 heterocycles. The predicted molar refractivity (Wildman–Crippen MR) is 56.4 cm³/mol. The SMILES string of the molecule is BrCc1[nH]c2ncccc2c1Br. The standard InChI is InChI=1S/C8H6Br2N2/c9-4-6-7(10)5-2-1-3-11-8(5)12-6/h1-3H,4H2,(H,11,12). The smallest absolute Gasteiger partial charge is 0.138 e. The van der Waals surface area contributed by atoms with Crippen LogP contribution in [0.25, 0.3) is 11.0 Å². The van der Waals surface area contributed by atoms with Gasteiger partial charge in [0.05, 0.1) is 0 Å². The number of halogens is 2. The molecule has 0 aliphatic rings. The average Bonchev–Trinajstić information content (AvgIpc) is 2.44. The molecular weight excluding hydrogens is 284 g/mol. The molecule has 2 rings (SSSR count). The molecule has 2 nitrogen and oxygen atoms in total. The van der Waals surface area contributed by atoms with Crippen LogP contribution in [-0.2, 0) is 5.33 Å². The Morgan fingerprint density at radius 3 is 3.00 bits per heavy atom. The largest absolute Gasteiger partial charge is 0.341 e. The summed E-state index contributed by atoms with van der Waals surface area (Å²) in [4.78, 5) is 7.41. The van der Waals surface area contributed by atoms with Crippen LogP contribution >= 0.6 is 31.9 Å². The molecule has 0 bridgehead atoms. The van der Waals surface area contributed by atoms with E-state index in [9.17, 15) is 0 Å². The van der Waals surface area contributed by atoms with E-state index < -0.39 is 0 Å². The highest BCUT2D eigenvalue weighted by molar-refractivity contribution is 9.11. The highest BCUT2D eigenvalue weighted by Gasteiger charge is 2.06. The van der Waals surface area contributed by atoms with Crippen LogP contribution in [0.2, 0.25) is 0 Å². The first kappa shape index (κ1) is 8.26. The van der Waals surface area contributed by atoms with E-state index in [0.717, 1.165) is 26.5 Å². The molecule has 0 saturated heterocycles. The van der Waals surface area contributed by atoms with Crippen molar-refractivity contribution in [3.05, 3.63) is 28.5 Å². The van der Waals surface area contributed by atoms with E-state index in [-0.39, 0.29) is 0 Å². The zero-order chi connectivity index (χ0) is 8.55. The number of nitrogens with one attached hydrogen (secondary N) is 1. The van der Waals surface area contributed by atoms with Crippen LogP contribution in [0.3, 0.4) is 0 Å². The van der Waals surface area contributed by atoms with Crippen LogP contribution in [0.15, 0.2) is 22.8 Å². The van der Waals surface area contributed by atoms with Crippen molar-refractivity contribution in [3.8, 4) is 0 Å². The van der Waals surface area contributed by atoms with Crippen LogP contribution in [-0.4, -0.2) is 9.97 Å². The fourth-order valence-electron chi connectivity index (χ4n) is 1.13. The molecule has 0 amide bonds. The number of aromatic nitrogens is 2. The van der Waals surface area contributed by atoms with Crippen LogP contribution in [0, 0.1) is 0 Å². The summed E-state index contributed by atoms with van der Waals surface area (Å²) >= 11 is 6.91. The topological polar surface area (TPSA) is 28.7 Å². The van der Waals surface area contributed by atoms with E-state index >= 15 is 0 Å². The third-order valence-corrected chi connectivity index (χ3v) is 3.18. The Hall–Kier alpha value is -0.350. The Morgan fingerprint density at radius 1 is 1.50 bits per heavy atom. The Bertz CT molecular complexity index is 408. The molecule has 0 unspecified atom stereocenters. The Morgan fingerprint density at radius 2 is 2.33 bits per heavy atom. The lowest BCUT2D eigenvalue weighted by atomic mass is 10.3. The van der Waals surface area contributed by atoms with Gasteiger partial charge in [-0.05, 0) is 28.1 Å². The molecule has 0 radical (unpaired) electrons. The van der Waals surface area contributed by atoms with Crippen LogP contribution in [0.1, 0.15) is 5.69 Å². The van der Waals surface area contributed by atoms with Gasteiger partial charge in [-0.25, -0.2) is 4.98 Å². The molecule has 0 aliphatic carbocycles. The average molecular weight is 290 g/mol. The predicted octanol–water partition coefficient (Wildman–Crippen LogP) is 3.22. The van der Waals surface area contributed by atoms with E-state index in [4.69, 9.17) is 0 Å². The molecule has 4 heteroatoms. The third kappa shape index (κ3) is 1.19. The van der Waals surface area contributed by atoms with Crippen molar-refractivity contribution >= 4 is 42.9 Å². The molecule has 2 aromatic rings. The summed E-state index contributed by atoms with van der Waals surface area (Å²) < 4.78 is 1.10. The van der Waals surface area contributed by atoms with Crippen molar-refractivity contribution in [2.45, 2.75) is 5.33 Å². The number of H-pyrrole nitrogens is 1. The zero-order valence-corrected chi connectivity index (χ0v) is 9.31.